The van der Waals surface area contributed by atoms with E-state index in [9.17, 15) is 0 Å². The van der Waals surface area contributed by atoms with Gasteiger partial charge in [0.1, 0.15) is 0 Å². The number of hydrogen-bond acceptors (Lipinski definition) is 1. The summed E-state index contributed by atoms with van der Waals surface area (Å²) >= 11 is 0. The Morgan fingerprint density at radius 3 is 2.44 bits per heavy atom. The van der Waals surface area contributed by atoms with Gasteiger partial charge < -0.3 is 4.90 Å². The standard InChI is InChI=1S/C15H25N/c1-5-10-16(4)11-6-7-15-9-8-13(2)14(3)12-15/h8-9,12H,5-7,10-11H2,1-4H3. The topological polar surface area (TPSA) is 3.24 Å². The van der Waals surface area contributed by atoms with Crippen LogP contribution in [-0.2, 0) is 6.42 Å². The van der Waals surface area contributed by atoms with E-state index in [0.717, 1.165) is 0 Å². The van der Waals surface area contributed by atoms with Gasteiger partial charge in [-0.25, -0.2) is 0 Å². The highest BCUT2D eigenvalue weighted by Gasteiger charge is 1.99. The minimum Gasteiger partial charge on any atom is -0.306 e. The summed E-state index contributed by atoms with van der Waals surface area (Å²) in [6.07, 6.45) is 3.72. The van der Waals surface area contributed by atoms with E-state index in [1.165, 1.54) is 49.0 Å². The van der Waals surface area contributed by atoms with Crippen LogP contribution in [-0.4, -0.2) is 25.0 Å². The zero-order chi connectivity index (χ0) is 12.0. The molecule has 0 fully saturated rings. The molecule has 0 aliphatic rings. The molecule has 90 valence electrons. The summed E-state index contributed by atoms with van der Waals surface area (Å²) in [5.74, 6) is 0. The maximum absolute atomic E-state index is 2.42. The van der Waals surface area contributed by atoms with Crippen molar-refractivity contribution in [1.29, 1.82) is 0 Å². The van der Waals surface area contributed by atoms with Gasteiger partial charge in [-0.3, -0.25) is 0 Å². The van der Waals surface area contributed by atoms with Crippen LogP contribution < -0.4 is 0 Å². The number of aryl methyl sites for hydroxylation is 3. The Labute approximate surface area is 100 Å². The highest BCUT2D eigenvalue weighted by molar-refractivity contribution is 5.29. The van der Waals surface area contributed by atoms with Crippen LogP contribution in [0.4, 0.5) is 0 Å². The van der Waals surface area contributed by atoms with Gasteiger partial charge in [0, 0.05) is 0 Å². The summed E-state index contributed by atoms with van der Waals surface area (Å²) in [5.41, 5.74) is 4.29. The predicted octanol–water partition coefficient (Wildman–Crippen LogP) is 3.58. The number of rotatable bonds is 6. The van der Waals surface area contributed by atoms with Gasteiger partial charge in [-0.2, -0.15) is 0 Å². The molecule has 0 saturated heterocycles. The molecule has 0 aliphatic heterocycles. The van der Waals surface area contributed by atoms with Crippen LogP contribution in [0, 0.1) is 13.8 Å². The highest BCUT2D eigenvalue weighted by Crippen LogP contribution is 2.11. The fourth-order valence-corrected chi connectivity index (χ4v) is 2.01. The van der Waals surface area contributed by atoms with Gasteiger partial charge in [-0.15, -0.1) is 0 Å². The zero-order valence-corrected chi connectivity index (χ0v) is 11.2. The average molecular weight is 219 g/mol. The SMILES string of the molecule is CCCN(C)CCCc1ccc(C)c(C)c1. The molecule has 0 radical (unpaired) electrons. The quantitative estimate of drug-likeness (QED) is 0.707. The van der Waals surface area contributed by atoms with E-state index in [1.807, 2.05) is 0 Å². The molecule has 0 unspecified atom stereocenters. The van der Waals surface area contributed by atoms with Gasteiger partial charge in [-0.1, -0.05) is 25.1 Å². The van der Waals surface area contributed by atoms with Gasteiger partial charge in [0.2, 0.25) is 0 Å². The molecule has 1 rings (SSSR count). The van der Waals surface area contributed by atoms with Crippen LogP contribution in [0.1, 0.15) is 36.5 Å². The summed E-state index contributed by atoms with van der Waals surface area (Å²) in [6.45, 7) is 9.03. The Hall–Kier alpha value is -0.820. The van der Waals surface area contributed by atoms with Crippen LogP contribution in [0.15, 0.2) is 18.2 Å². The third-order valence-electron chi connectivity index (χ3n) is 3.18. The van der Waals surface area contributed by atoms with Crippen molar-refractivity contribution >= 4 is 0 Å². The lowest BCUT2D eigenvalue weighted by Crippen LogP contribution is -2.20. The minimum atomic E-state index is 1.20. The van der Waals surface area contributed by atoms with Gasteiger partial charge in [-0.05, 0) is 69.9 Å². The van der Waals surface area contributed by atoms with Crippen molar-refractivity contribution in [2.45, 2.75) is 40.0 Å². The molecule has 1 aromatic carbocycles. The van der Waals surface area contributed by atoms with Gasteiger partial charge >= 0.3 is 0 Å². The molecule has 0 heterocycles. The normalized spacial score (nSPS) is 11.1. The lowest BCUT2D eigenvalue weighted by atomic mass is 10.0. The first-order valence-corrected chi connectivity index (χ1v) is 6.38. The fourth-order valence-electron chi connectivity index (χ4n) is 2.01. The summed E-state index contributed by atoms with van der Waals surface area (Å²) < 4.78 is 0. The predicted molar refractivity (Wildman–Crippen MR) is 72.0 cm³/mol. The first kappa shape index (κ1) is 13.2. The zero-order valence-electron chi connectivity index (χ0n) is 11.2. The molecular weight excluding hydrogens is 194 g/mol. The Morgan fingerprint density at radius 2 is 1.81 bits per heavy atom. The lowest BCUT2D eigenvalue weighted by molar-refractivity contribution is 0.330. The molecule has 0 amide bonds. The summed E-state index contributed by atoms with van der Waals surface area (Å²) in [6, 6.07) is 6.83. The molecular formula is C15H25N. The Kier molecular flexibility index (Phi) is 5.54. The third-order valence-corrected chi connectivity index (χ3v) is 3.18. The Morgan fingerprint density at radius 1 is 1.06 bits per heavy atom. The summed E-state index contributed by atoms with van der Waals surface area (Å²) in [4.78, 5) is 2.42. The molecule has 0 N–H and O–H groups in total. The van der Waals surface area contributed by atoms with Crippen molar-refractivity contribution in [2.24, 2.45) is 0 Å². The highest BCUT2D eigenvalue weighted by atomic mass is 15.1. The monoisotopic (exact) mass is 219 g/mol. The fraction of sp³-hybridized carbons (Fsp3) is 0.600. The van der Waals surface area contributed by atoms with Crippen molar-refractivity contribution in [3.8, 4) is 0 Å². The van der Waals surface area contributed by atoms with E-state index >= 15 is 0 Å². The van der Waals surface area contributed by atoms with Gasteiger partial charge in [0.25, 0.3) is 0 Å². The van der Waals surface area contributed by atoms with Gasteiger partial charge in [0.15, 0.2) is 0 Å². The average Bonchev–Trinajstić information content (AvgIpc) is 2.24. The first-order chi connectivity index (χ1) is 7.63. The molecule has 16 heavy (non-hydrogen) atoms. The van der Waals surface area contributed by atoms with E-state index in [1.54, 1.807) is 0 Å². The van der Waals surface area contributed by atoms with Crippen molar-refractivity contribution in [3.63, 3.8) is 0 Å². The maximum atomic E-state index is 2.42. The molecule has 0 saturated carbocycles. The maximum Gasteiger partial charge on any atom is -0.00186 e. The third kappa shape index (κ3) is 4.36. The van der Waals surface area contributed by atoms with Crippen molar-refractivity contribution < 1.29 is 0 Å². The van der Waals surface area contributed by atoms with Gasteiger partial charge in [0.05, 0.1) is 0 Å². The molecule has 0 atom stereocenters. The van der Waals surface area contributed by atoms with E-state index in [4.69, 9.17) is 0 Å². The first-order valence-electron chi connectivity index (χ1n) is 6.38. The number of hydrogen-bond donors (Lipinski definition) is 0. The smallest absolute Gasteiger partial charge is 0.00186 e. The van der Waals surface area contributed by atoms with Crippen LogP contribution >= 0.6 is 0 Å². The van der Waals surface area contributed by atoms with E-state index in [-0.39, 0.29) is 0 Å². The molecule has 0 aromatic heterocycles. The largest absolute Gasteiger partial charge is 0.306 e. The number of benzene rings is 1. The van der Waals surface area contributed by atoms with E-state index in [0.29, 0.717) is 0 Å². The lowest BCUT2D eigenvalue weighted by Gasteiger charge is -2.15. The van der Waals surface area contributed by atoms with Crippen LogP contribution in [0.2, 0.25) is 0 Å². The van der Waals surface area contributed by atoms with E-state index in [2.05, 4.69) is 50.9 Å². The molecule has 1 nitrogen and oxygen atoms in total. The molecule has 0 aliphatic carbocycles. The van der Waals surface area contributed by atoms with Crippen LogP contribution in [0.3, 0.4) is 0 Å². The Balaban J connectivity index is 2.34. The summed E-state index contributed by atoms with van der Waals surface area (Å²) in [7, 11) is 2.21. The molecule has 0 spiro atoms. The van der Waals surface area contributed by atoms with Crippen molar-refractivity contribution in [1.82, 2.24) is 4.90 Å². The molecule has 0 bridgehead atoms. The summed E-state index contributed by atoms with van der Waals surface area (Å²) in [5, 5.41) is 0. The second-order valence-electron chi connectivity index (χ2n) is 4.83. The second kappa shape index (κ2) is 6.70. The van der Waals surface area contributed by atoms with Crippen LogP contribution in [0.25, 0.3) is 0 Å². The van der Waals surface area contributed by atoms with Crippen LogP contribution in [0.5, 0.6) is 0 Å². The minimum absolute atomic E-state index is 1.20. The van der Waals surface area contributed by atoms with Crippen molar-refractivity contribution in [2.75, 3.05) is 20.1 Å². The van der Waals surface area contributed by atoms with Crippen molar-refractivity contribution in [3.05, 3.63) is 34.9 Å². The molecule has 1 aromatic rings. The second-order valence-corrected chi connectivity index (χ2v) is 4.83. The molecule has 1 heteroatoms. The number of nitrogens with zero attached hydrogens (tertiary/aromatic N) is 1. The Bertz CT molecular complexity index is 317. The van der Waals surface area contributed by atoms with E-state index < -0.39 is 0 Å².